The third kappa shape index (κ3) is 4.10. The highest BCUT2D eigenvalue weighted by atomic mass is 35.5. The summed E-state index contributed by atoms with van der Waals surface area (Å²) in [6, 6.07) is 7.74. The van der Waals surface area contributed by atoms with Gasteiger partial charge in [-0.3, -0.25) is 4.79 Å². The lowest BCUT2D eigenvalue weighted by Gasteiger charge is -2.16. The van der Waals surface area contributed by atoms with Crippen LogP contribution in [0.2, 0.25) is 5.02 Å². The van der Waals surface area contributed by atoms with Crippen molar-refractivity contribution in [1.82, 2.24) is 9.97 Å². The van der Waals surface area contributed by atoms with Crippen molar-refractivity contribution in [3.05, 3.63) is 53.1 Å². The Hall–Kier alpha value is -1.81. The predicted octanol–water partition coefficient (Wildman–Crippen LogP) is 3.64. The fourth-order valence-electron chi connectivity index (χ4n) is 2.29. The number of halogens is 1. The van der Waals surface area contributed by atoms with Crippen molar-refractivity contribution in [2.45, 2.75) is 31.6 Å². The maximum Gasteiger partial charge on any atom is 0.303 e. The van der Waals surface area contributed by atoms with Crippen LogP contribution in [-0.4, -0.2) is 21.0 Å². The number of imidazole rings is 1. The highest BCUT2D eigenvalue weighted by molar-refractivity contribution is 6.31. The second-order valence-electron chi connectivity index (χ2n) is 4.79. The fourth-order valence-corrected chi connectivity index (χ4v) is 2.50. The molecule has 0 fully saturated rings. The third-order valence-electron chi connectivity index (χ3n) is 3.33. The zero-order valence-corrected chi connectivity index (χ0v) is 11.8. The van der Waals surface area contributed by atoms with Crippen LogP contribution in [0.4, 0.5) is 0 Å². The van der Waals surface area contributed by atoms with Crippen LogP contribution < -0.4 is 0 Å². The summed E-state index contributed by atoms with van der Waals surface area (Å²) in [5.41, 5.74) is 2.10. The van der Waals surface area contributed by atoms with Crippen LogP contribution in [0.1, 0.15) is 36.4 Å². The molecule has 1 unspecified atom stereocenters. The van der Waals surface area contributed by atoms with Gasteiger partial charge in [-0.25, -0.2) is 4.98 Å². The lowest BCUT2D eigenvalue weighted by atomic mass is 9.91. The van der Waals surface area contributed by atoms with Gasteiger partial charge < -0.3 is 10.1 Å². The molecule has 20 heavy (non-hydrogen) atoms. The smallest absolute Gasteiger partial charge is 0.303 e. The average molecular weight is 293 g/mol. The monoisotopic (exact) mass is 292 g/mol. The molecule has 0 spiro atoms. The van der Waals surface area contributed by atoms with Crippen LogP contribution in [-0.2, 0) is 11.2 Å². The number of H-pyrrole nitrogens is 1. The van der Waals surface area contributed by atoms with Crippen LogP contribution >= 0.6 is 11.6 Å². The molecule has 0 aliphatic carbocycles. The van der Waals surface area contributed by atoms with Crippen molar-refractivity contribution < 1.29 is 9.90 Å². The number of nitrogens with one attached hydrogen (secondary N) is 1. The number of benzene rings is 1. The van der Waals surface area contributed by atoms with Crippen molar-refractivity contribution >= 4 is 17.6 Å². The Morgan fingerprint density at radius 3 is 2.85 bits per heavy atom. The summed E-state index contributed by atoms with van der Waals surface area (Å²) in [5.74, 6) is -0.553. The number of aliphatic carboxylic acids is 1. The number of nitrogens with zero attached hydrogens (tertiary/aromatic N) is 1. The Labute approximate surface area is 122 Å². The van der Waals surface area contributed by atoms with E-state index < -0.39 is 5.97 Å². The number of aromatic nitrogens is 2. The molecule has 2 aromatic rings. The summed E-state index contributed by atoms with van der Waals surface area (Å²) in [5, 5.41) is 9.50. The van der Waals surface area contributed by atoms with Gasteiger partial charge in [-0.2, -0.15) is 0 Å². The first-order chi connectivity index (χ1) is 9.66. The van der Waals surface area contributed by atoms with E-state index in [0.717, 1.165) is 29.1 Å². The first-order valence-corrected chi connectivity index (χ1v) is 6.98. The Balaban J connectivity index is 2.07. The van der Waals surface area contributed by atoms with Gasteiger partial charge in [0.2, 0.25) is 0 Å². The molecule has 0 saturated carbocycles. The first-order valence-electron chi connectivity index (χ1n) is 6.60. The largest absolute Gasteiger partial charge is 0.481 e. The molecule has 0 radical (unpaired) electrons. The summed E-state index contributed by atoms with van der Waals surface area (Å²) in [7, 11) is 0. The topological polar surface area (TPSA) is 66.0 Å². The minimum Gasteiger partial charge on any atom is -0.481 e. The zero-order valence-electron chi connectivity index (χ0n) is 11.1. The molecule has 2 N–H and O–H groups in total. The molecule has 0 amide bonds. The van der Waals surface area contributed by atoms with E-state index in [1.54, 1.807) is 12.5 Å². The van der Waals surface area contributed by atoms with Crippen molar-refractivity contribution in [1.29, 1.82) is 0 Å². The lowest BCUT2D eigenvalue weighted by Crippen LogP contribution is -2.06. The lowest BCUT2D eigenvalue weighted by molar-refractivity contribution is -0.137. The molecule has 1 atom stereocenters. The minimum atomic E-state index is -0.758. The van der Waals surface area contributed by atoms with Crippen LogP contribution in [0.5, 0.6) is 0 Å². The number of hydrogen-bond acceptors (Lipinski definition) is 2. The number of carboxylic acid groups (broad SMARTS) is 1. The molecule has 0 saturated heterocycles. The molecule has 0 aliphatic heterocycles. The summed E-state index contributed by atoms with van der Waals surface area (Å²) in [6.45, 7) is 0. The molecule has 1 heterocycles. The number of carbonyl (C=O) groups is 1. The van der Waals surface area contributed by atoms with Gasteiger partial charge in [-0.15, -0.1) is 0 Å². The van der Waals surface area contributed by atoms with Crippen LogP contribution in [0, 0.1) is 0 Å². The third-order valence-corrected chi connectivity index (χ3v) is 3.70. The second kappa shape index (κ2) is 7.10. The molecule has 1 aromatic heterocycles. The van der Waals surface area contributed by atoms with E-state index in [1.807, 2.05) is 24.3 Å². The molecule has 1 aromatic carbocycles. The van der Waals surface area contributed by atoms with Crippen molar-refractivity contribution in [2.24, 2.45) is 0 Å². The predicted molar refractivity (Wildman–Crippen MR) is 78.0 cm³/mol. The highest BCUT2D eigenvalue weighted by Crippen LogP contribution is 2.27. The molecule has 0 bridgehead atoms. The maximum atomic E-state index is 10.6. The van der Waals surface area contributed by atoms with Gasteiger partial charge in [0.15, 0.2) is 0 Å². The molecule has 2 rings (SSSR count). The molecular formula is C15H17ClN2O2. The van der Waals surface area contributed by atoms with Crippen LogP contribution in [0.15, 0.2) is 36.8 Å². The minimum absolute atomic E-state index is 0.188. The summed E-state index contributed by atoms with van der Waals surface area (Å²) < 4.78 is 0. The molecular weight excluding hydrogens is 276 g/mol. The summed E-state index contributed by atoms with van der Waals surface area (Å²) >= 11 is 6.19. The van der Waals surface area contributed by atoms with E-state index in [2.05, 4.69) is 9.97 Å². The second-order valence-corrected chi connectivity index (χ2v) is 5.19. The number of aromatic amines is 1. The summed E-state index contributed by atoms with van der Waals surface area (Å²) in [6.07, 6.45) is 5.84. The zero-order chi connectivity index (χ0) is 14.4. The Bertz CT molecular complexity index is 555. The van der Waals surface area contributed by atoms with Gasteiger partial charge in [-0.05, 0) is 30.9 Å². The van der Waals surface area contributed by atoms with Gasteiger partial charge in [0, 0.05) is 29.3 Å². The number of hydrogen-bond donors (Lipinski definition) is 2. The molecule has 0 aliphatic rings. The van der Waals surface area contributed by atoms with Crippen molar-refractivity contribution in [3.63, 3.8) is 0 Å². The standard InChI is InChI=1S/C15H17ClN2O2/c16-13-6-2-1-4-11(13)8-12(5-3-7-15(19)20)14-9-17-10-18-14/h1-2,4,6,9-10,12H,3,5,7-8H2,(H,17,18)(H,19,20). The van der Waals surface area contributed by atoms with E-state index >= 15 is 0 Å². The van der Waals surface area contributed by atoms with Crippen molar-refractivity contribution in [3.8, 4) is 0 Å². The van der Waals surface area contributed by atoms with Gasteiger partial charge in [-0.1, -0.05) is 29.8 Å². The van der Waals surface area contributed by atoms with E-state index in [4.69, 9.17) is 16.7 Å². The molecule has 5 heteroatoms. The van der Waals surface area contributed by atoms with Gasteiger partial charge >= 0.3 is 5.97 Å². The van der Waals surface area contributed by atoms with Crippen LogP contribution in [0.25, 0.3) is 0 Å². The Kier molecular flexibility index (Phi) is 5.18. The van der Waals surface area contributed by atoms with Gasteiger partial charge in [0.25, 0.3) is 0 Å². The van der Waals surface area contributed by atoms with E-state index in [0.29, 0.717) is 6.42 Å². The number of carboxylic acids is 1. The van der Waals surface area contributed by atoms with E-state index in [9.17, 15) is 4.79 Å². The maximum absolute atomic E-state index is 10.6. The molecule has 4 nitrogen and oxygen atoms in total. The Morgan fingerprint density at radius 1 is 1.40 bits per heavy atom. The summed E-state index contributed by atoms with van der Waals surface area (Å²) in [4.78, 5) is 17.8. The average Bonchev–Trinajstić information content (AvgIpc) is 2.93. The van der Waals surface area contributed by atoms with Gasteiger partial charge in [0.1, 0.15) is 0 Å². The quantitative estimate of drug-likeness (QED) is 0.818. The van der Waals surface area contributed by atoms with Crippen molar-refractivity contribution in [2.75, 3.05) is 0 Å². The number of rotatable bonds is 7. The van der Waals surface area contributed by atoms with E-state index in [1.165, 1.54) is 0 Å². The van der Waals surface area contributed by atoms with Crippen LogP contribution in [0.3, 0.4) is 0 Å². The Morgan fingerprint density at radius 2 is 2.20 bits per heavy atom. The first kappa shape index (κ1) is 14.6. The van der Waals surface area contributed by atoms with Gasteiger partial charge in [0.05, 0.1) is 6.33 Å². The van der Waals surface area contributed by atoms with E-state index in [-0.39, 0.29) is 12.3 Å². The highest BCUT2D eigenvalue weighted by Gasteiger charge is 2.15. The fraction of sp³-hybridized carbons (Fsp3) is 0.333. The SMILES string of the molecule is O=C(O)CCCC(Cc1ccccc1Cl)c1cnc[nH]1. The normalized spacial score (nSPS) is 12.2. The molecule has 106 valence electrons.